The summed E-state index contributed by atoms with van der Waals surface area (Å²) in [5.74, 6) is -0.612. The maximum atomic E-state index is 14.7. The summed E-state index contributed by atoms with van der Waals surface area (Å²) >= 11 is 0. The van der Waals surface area contributed by atoms with Crippen LogP contribution in [0.3, 0.4) is 0 Å². The highest BCUT2D eigenvalue weighted by molar-refractivity contribution is 6.00. The molecular weight excluding hydrogens is 747 g/mol. The molecule has 60 heavy (non-hydrogen) atoms. The Morgan fingerprint density at radius 3 is 2.37 bits per heavy atom. The van der Waals surface area contributed by atoms with Gasteiger partial charge in [-0.25, -0.2) is 4.79 Å². The Morgan fingerprint density at radius 1 is 0.867 bits per heavy atom. The van der Waals surface area contributed by atoms with E-state index in [0.717, 1.165) is 85.6 Å². The predicted octanol–water partition coefficient (Wildman–Crippen LogP) is 8.74. The molecular formula is C52H59N3O5. The second-order valence-corrected chi connectivity index (χ2v) is 18.4. The summed E-state index contributed by atoms with van der Waals surface area (Å²) in [5, 5.41) is 19.4. The maximum absolute atomic E-state index is 14.7. The van der Waals surface area contributed by atoms with Crippen LogP contribution in [0, 0.1) is 21.8 Å². The Morgan fingerprint density at radius 2 is 1.60 bits per heavy atom. The lowest BCUT2D eigenvalue weighted by molar-refractivity contribution is -0.149. The molecule has 4 aromatic rings. The molecule has 2 unspecified atom stereocenters. The molecule has 0 saturated carbocycles. The fraction of sp³-hybridized carbons (Fsp3) is 0.404. The van der Waals surface area contributed by atoms with Crippen molar-refractivity contribution in [3.8, 4) is 0 Å². The molecule has 2 amide bonds. The van der Waals surface area contributed by atoms with Gasteiger partial charge in [0.1, 0.15) is 17.1 Å². The van der Waals surface area contributed by atoms with Crippen molar-refractivity contribution in [2.45, 2.75) is 110 Å². The number of amides is 2. The molecule has 1 saturated heterocycles. The van der Waals surface area contributed by atoms with Gasteiger partial charge in [0.25, 0.3) is 5.91 Å². The van der Waals surface area contributed by atoms with E-state index >= 15 is 0 Å². The number of carboxylic acid groups (broad SMARTS) is 1. The summed E-state index contributed by atoms with van der Waals surface area (Å²) in [6, 6.07) is 27.9. The predicted molar refractivity (Wildman–Crippen MR) is 238 cm³/mol. The quantitative estimate of drug-likeness (QED) is 0.156. The Kier molecular flexibility index (Phi) is 11.8. The summed E-state index contributed by atoms with van der Waals surface area (Å²) in [4.78, 5) is 44.4. The molecule has 2 aliphatic heterocycles. The van der Waals surface area contributed by atoms with Gasteiger partial charge in [0.15, 0.2) is 0 Å². The molecule has 0 radical (unpaired) electrons. The lowest BCUT2D eigenvalue weighted by atomic mass is 9.69. The molecule has 312 valence electrons. The SMILES string of the molecule is CC(C)(C)OC(=O)N1CCC(CCCCc2ccc3c(c2)=CCc2c4c(ccc2=3)=C(C(C)(C(=O)O)C2Nc3ccccc3CN(C=Cc3ccccc3)C2=O)CCC4)CC1. The second kappa shape index (κ2) is 17.2. The minimum atomic E-state index is -1.51. The molecule has 8 nitrogen and oxygen atoms in total. The summed E-state index contributed by atoms with van der Waals surface area (Å²) in [6.07, 6.45) is 15.6. The average molecular weight is 806 g/mol. The molecule has 2 N–H and O–H groups in total. The highest BCUT2D eigenvalue weighted by Crippen LogP contribution is 2.41. The minimum Gasteiger partial charge on any atom is -0.481 e. The van der Waals surface area contributed by atoms with Gasteiger partial charge in [-0.2, -0.15) is 0 Å². The van der Waals surface area contributed by atoms with E-state index in [1.165, 1.54) is 45.2 Å². The van der Waals surface area contributed by atoms with E-state index in [1.54, 1.807) is 18.0 Å². The number of aliphatic carboxylic acids is 1. The van der Waals surface area contributed by atoms with Gasteiger partial charge in [0, 0.05) is 25.0 Å². The lowest BCUT2D eigenvalue weighted by Crippen LogP contribution is -2.54. The van der Waals surface area contributed by atoms with Crippen molar-refractivity contribution in [2.75, 3.05) is 18.4 Å². The number of nitrogens with zero attached hydrogens (tertiary/aromatic N) is 2. The highest BCUT2D eigenvalue weighted by atomic mass is 16.6. The number of anilines is 1. The first kappa shape index (κ1) is 41.1. The first-order valence-corrected chi connectivity index (χ1v) is 22.0. The van der Waals surface area contributed by atoms with Crippen LogP contribution < -0.4 is 15.8 Å². The van der Waals surface area contributed by atoms with Crippen LogP contribution in [0.1, 0.15) is 100 Å². The number of ether oxygens (including phenoxy) is 1. The van der Waals surface area contributed by atoms with E-state index in [2.05, 4.69) is 41.7 Å². The third-order valence-corrected chi connectivity index (χ3v) is 13.2. The van der Waals surface area contributed by atoms with Crippen molar-refractivity contribution in [1.82, 2.24) is 9.80 Å². The van der Waals surface area contributed by atoms with E-state index in [0.29, 0.717) is 18.9 Å². The van der Waals surface area contributed by atoms with Gasteiger partial charge in [-0.15, -0.1) is 0 Å². The number of nitrogens with one attached hydrogen (secondary N) is 1. The van der Waals surface area contributed by atoms with Gasteiger partial charge in [-0.3, -0.25) is 9.59 Å². The van der Waals surface area contributed by atoms with Crippen LogP contribution in [0.4, 0.5) is 10.5 Å². The molecule has 2 aliphatic carbocycles. The number of likely N-dealkylation sites (tertiary alicyclic amines) is 1. The summed E-state index contributed by atoms with van der Waals surface area (Å²) < 4.78 is 5.57. The zero-order valence-corrected chi connectivity index (χ0v) is 35.6. The van der Waals surface area contributed by atoms with E-state index in [4.69, 9.17) is 4.74 Å². The number of hydrogen-bond donors (Lipinski definition) is 2. The molecule has 0 spiro atoms. The Bertz CT molecular complexity index is 2530. The number of rotatable bonds is 10. The van der Waals surface area contributed by atoms with Crippen molar-refractivity contribution in [1.29, 1.82) is 0 Å². The van der Waals surface area contributed by atoms with Crippen LogP contribution in [-0.4, -0.2) is 57.6 Å². The number of benzene rings is 4. The molecule has 0 bridgehead atoms. The molecule has 1 fully saturated rings. The average Bonchev–Trinajstić information content (AvgIpc) is 3.39. The van der Waals surface area contributed by atoms with E-state index in [1.807, 2.05) is 86.3 Å². The molecule has 8 heteroatoms. The van der Waals surface area contributed by atoms with E-state index in [-0.39, 0.29) is 12.0 Å². The number of unbranched alkanes of at least 4 members (excludes halogenated alkanes) is 1. The molecule has 0 aromatic heterocycles. The molecule has 2 atom stereocenters. The molecule has 8 rings (SSSR count). The summed E-state index contributed by atoms with van der Waals surface area (Å²) in [6.45, 7) is 9.39. The van der Waals surface area contributed by atoms with Gasteiger partial charge in [0.05, 0.1) is 6.54 Å². The lowest BCUT2D eigenvalue weighted by Gasteiger charge is -2.38. The number of aryl methyl sites for hydroxylation is 1. The normalized spacial score (nSPS) is 18.9. The van der Waals surface area contributed by atoms with Crippen LogP contribution in [-0.2, 0) is 40.1 Å². The highest BCUT2D eigenvalue weighted by Gasteiger charge is 2.51. The summed E-state index contributed by atoms with van der Waals surface area (Å²) in [5.41, 5.74) is 5.36. The van der Waals surface area contributed by atoms with E-state index < -0.39 is 23.0 Å². The fourth-order valence-corrected chi connectivity index (χ4v) is 9.88. The standard InChI is InChI=1S/C52H59N3O5/c1-51(2,3)60-50(59)54-30-27-36(28-31-54)15-8-9-16-37-21-23-40-38(33-37)22-24-43-41-18-12-19-45(44(41)26-25-42(40)43)52(4,49(57)58)47-48(56)55(32-29-35-13-6-5-7-14-35)34-39-17-10-11-20-46(39)53-47/h5-7,10-11,13-14,17,20-23,25-26,29,32-33,36,47,53H,8-9,12,15-16,18-19,24,27-28,30-31,34H2,1-4H3,(H,57,58). The summed E-state index contributed by atoms with van der Waals surface area (Å²) in [7, 11) is 0. The zero-order chi connectivity index (χ0) is 42.0. The van der Waals surface area contributed by atoms with Crippen LogP contribution >= 0.6 is 0 Å². The van der Waals surface area contributed by atoms with Gasteiger partial charge in [0.2, 0.25) is 0 Å². The number of carbonyl (C=O) groups excluding carboxylic acids is 2. The zero-order valence-electron chi connectivity index (χ0n) is 35.6. The fourth-order valence-electron chi connectivity index (χ4n) is 9.88. The first-order chi connectivity index (χ1) is 28.9. The van der Waals surface area contributed by atoms with Crippen LogP contribution in [0.5, 0.6) is 0 Å². The number of hydrogen-bond acceptors (Lipinski definition) is 5. The van der Waals surface area contributed by atoms with E-state index in [9.17, 15) is 19.5 Å². The van der Waals surface area contributed by atoms with Crippen molar-refractivity contribution >= 4 is 41.4 Å². The number of fused-ring (bicyclic) bond motifs is 5. The van der Waals surface area contributed by atoms with Gasteiger partial charge < -0.3 is 25.0 Å². The maximum Gasteiger partial charge on any atom is 0.410 e. The minimum absolute atomic E-state index is 0.191. The van der Waals surface area contributed by atoms with Crippen LogP contribution in [0.2, 0.25) is 0 Å². The number of carbonyl (C=O) groups is 3. The number of para-hydroxylation sites is 1. The van der Waals surface area contributed by atoms with Gasteiger partial charge in [-0.1, -0.05) is 97.8 Å². The third-order valence-electron chi connectivity index (χ3n) is 13.2. The van der Waals surface area contributed by atoms with Crippen molar-refractivity contribution in [2.24, 2.45) is 11.3 Å². The van der Waals surface area contributed by atoms with Gasteiger partial charge in [-0.05, 0) is 151 Å². The number of piperidine rings is 1. The van der Waals surface area contributed by atoms with Crippen molar-refractivity contribution < 1.29 is 24.2 Å². The van der Waals surface area contributed by atoms with Gasteiger partial charge >= 0.3 is 12.1 Å². The smallest absolute Gasteiger partial charge is 0.410 e. The molecule has 4 aliphatic rings. The van der Waals surface area contributed by atoms with Crippen LogP contribution in [0.25, 0.3) is 17.7 Å². The van der Waals surface area contributed by atoms with Crippen molar-refractivity contribution in [3.63, 3.8) is 0 Å². The topological polar surface area (TPSA) is 99.2 Å². The Labute approximate surface area is 354 Å². The monoisotopic (exact) mass is 805 g/mol. The first-order valence-electron chi connectivity index (χ1n) is 22.0. The molecule has 4 aromatic carbocycles. The third kappa shape index (κ3) is 8.52. The second-order valence-electron chi connectivity index (χ2n) is 18.4. The largest absolute Gasteiger partial charge is 0.481 e. The Balaban J connectivity index is 1.03. The van der Waals surface area contributed by atoms with Crippen molar-refractivity contribution in [3.05, 3.63) is 140 Å². The van der Waals surface area contributed by atoms with Crippen LogP contribution in [0.15, 0.2) is 91.1 Å². The number of carboxylic acids is 1. The Hall–Kier alpha value is -5.63. The molecule has 2 heterocycles.